The second-order valence-corrected chi connectivity index (χ2v) is 5.34. The molecule has 1 fully saturated rings. The van der Waals surface area contributed by atoms with Gasteiger partial charge in [-0.05, 0) is 0 Å². The Balaban J connectivity index is 3.37. The van der Waals surface area contributed by atoms with E-state index in [0.717, 1.165) is 27.9 Å². The molecular weight excluding hydrogens is 354 g/mol. The second-order valence-electron chi connectivity index (χ2n) is 5.34. The Bertz CT molecular complexity index is 589. The first kappa shape index (κ1) is 21.4. The van der Waals surface area contributed by atoms with E-state index in [9.17, 15) is 19.2 Å². The number of carbonyl (C=O) groups is 4. The van der Waals surface area contributed by atoms with E-state index in [4.69, 9.17) is 29.1 Å². The fourth-order valence-corrected chi connectivity index (χ4v) is 2.35. The minimum absolute atomic E-state index is 0.316. The van der Waals surface area contributed by atoms with Gasteiger partial charge in [0.15, 0.2) is 24.2 Å². The van der Waals surface area contributed by atoms with Crippen LogP contribution in [0.15, 0.2) is 0 Å². The molecule has 1 saturated heterocycles. The molecule has 0 aromatic carbocycles. The minimum Gasteiger partial charge on any atom is -0.467 e. The number of carbonyl (C=O) groups excluding carboxylic acids is 4. The van der Waals surface area contributed by atoms with Crippen LogP contribution in [-0.2, 0) is 47.6 Å². The molecule has 0 bridgehead atoms. The van der Waals surface area contributed by atoms with E-state index in [1.165, 1.54) is 6.92 Å². The molecule has 0 saturated carbocycles. The molecule has 5 atom stereocenters. The molecule has 0 aliphatic carbocycles. The lowest BCUT2D eigenvalue weighted by Gasteiger charge is -2.42. The second kappa shape index (κ2) is 9.13. The highest BCUT2D eigenvalue weighted by Crippen LogP contribution is 2.30. The minimum atomic E-state index is -1.54. The zero-order valence-electron chi connectivity index (χ0n) is 15.0. The standard InChI is InChI=1S/C15H21NO10/c1-6(16)22-15-13(25-9(4)19)11(24-8(3)18)10(23-7(2)17)12(26-15)14(20)21-5/h10-13,15-16H,1-5H3/t10-,11-,12-,13+,15-/m0/s1. The molecule has 0 amide bonds. The predicted octanol–water partition coefficient (Wildman–Crippen LogP) is -0.307. The van der Waals surface area contributed by atoms with Crippen molar-refractivity contribution in [3.05, 3.63) is 0 Å². The number of hydrogen-bond acceptors (Lipinski definition) is 11. The molecule has 0 radical (unpaired) electrons. The highest BCUT2D eigenvalue weighted by Gasteiger charge is 2.55. The molecule has 1 heterocycles. The van der Waals surface area contributed by atoms with Gasteiger partial charge in [0.1, 0.15) is 0 Å². The van der Waals surface area contributed by atoms with Gasteiger partial charge in [0.2, 0.25) is 12.4 Å². The summed E-state index contributed by atoms with van der Waals surface area (Å²) in [5, 5.41) is 7.44. The molecule has 11 heteroatoms. The number of esters is 4. The van der Waals surface area contributed by atoms with E-state index in [1.807, 2.05) is 0 Å². The summed E-state index contributed by atoms with van der Waals surface area (Å²) < 4.78 is 30.4. The van der Waals surface area contributed by atoms with Crippen LogP contribution in [0.2, 0.25) is 0 Å². The Hall–Kier alpha value is -2.69. The van der Waals surface area contributed by atoms with E-state index in [-0.39, 0.29) is 5.90 Å². The molecule has 1 rings (SSSR count). The summed E-state index contributed by atoms with van der Waals surface area (Å²) in [6.07, 6.45) is -7.30. The number of rotatable bonds is 5. The van der Waals surface area contributed by atoms with Gasteiger partial charge in [-0.2, -0.15) is 0 Å². The lowest BCUT2D eigenvalue weighted by molar-refractivity contribution is -0.285. The quantitative estimate of drug-likeness (QED) is 0.294. The fourth-order valence-electron chi connectivity index (χ4n) is 2.35. The summed E-state index contributed by atoms with van der Waals surface area (Å²) >= 11 is 0. The van der Waals surface area contributed by atoms with E-state index < -0.39 is 54.6 Å². The molecule has 0 aromatic heterocycles. The van der Waals surface area contributed by atoms with Gasteiger partial charge in [0.25, 0.3) is 0 Å². The lowest BCUT2D eigenvalue weighted by atomic mass is 9.97. The van der Waals surface area contributed by atoms with E-state index in [1.54, 1.807) is 0 Å². The SMILES string of the molecule is COC(=O)[C@H]1O[C@H](OC(C)=N)[C@H](OC(C)=O)[C@@H](OC(C)=O)[C@@H]1OC(C)=O. The highest BCUT2D eigenvalue weighted by molar-refractivity contribution is 5.77. The van der Waals surface area contributed by atoms with Gasteiger partial charge in [-0.1, -0.05) is 0 Å². The first-order chi connectivity index (χ1) is 12.1. The Morgan fingerprint density at radius 1 is 0.769 bits per heavy atom. The van der Waals surface area contributed by atoms with Crippen molar-refractivity contribution < 1.29 is 47.6 Å². The average molecular weight is 375 g/mol. The van der Waals surface area contributed by atoms with Crippen molar-refractivity contribution in [2.75, 3.05) is 7.11 Å². The monoisotopic (exact) mass is 375 g/mol. The summed E-state index contributed by atoms with van der Waals surface area (Å²) in [5.74, 6) is -3.62. The summed E-state index contributed by atoms with van der Waals surface area (Å²) in [4.78, 5) is 46.5. The smallest absolute Gasteiger partial charge is 0.339 e. The Morgan fingerprint density at radius 3 is 1.65 bits per heavy atom. The van der Waals surface area contributed by atoms with Crippen molar-refractivity contribution >= 4 is 29.8 Å². The van der Waals surface area contributed by atoms with Crippen LogP contribution in [0.3, 0.4) is 0 Å². The van der Waals surface area contributed by atoms with Crippen LogP contribution < -0.4 is 0 Å². The molecule has 11 nitrogen and oxygen atoms in total. The Morgan fingerprint density at radius 2 is 1.23 bits per heavy atom. The molecule has 1 aliphatic heterocycles. The van der Waals surface area contributed by atoms with Gasteiger partial charge in [0.05, 0.1) is 7.11 Å². The van der Waals surface area contributed by atoms with Gasteiger partial charge >= 0.3 is 23.9 Å². The largest absolute Gasteiger partial charge is 0.467 e. The Labute approximate surface area is 149 Å². The topological polar surface area (TPSA) is 148 Å². The molecule has 146 valence electrons. The maximum absolute atomic E-state index is 12.1. The number of ether oxygens (including phenoxy) is 6. The molecule has 0 aromatic rings. The molecule has 26 heavy (non-hydrogen) atoms. The third-order valence-corrected chi connectivity index (χ3v) is 3.13. The zero-order chi connectivity index (χ0) is 20.0. The van der Waals surface area contributed by atoms with Crippen molar-refractivity contribution in [3.8, 4) is 0 Å². The van der Waals surface area contributed by atoms with Crippen molar-refractivity contribution in [3.63, 3.8) is 0 Å². The van der Waals surface area contributed by atoms with Crippen LogP contribution in [-0.4, -0.2) is 67.6 Å². The summed E-state index contributed by atoms with van der Waals surface area (Å²) in [6.45, 7) is 4.52. The third kappa shape index (κ3) is 5.69. The van der Waals surface area contributed by atoms with Crippen LogP contribution in [0, 0.1) is 5.41 Å². The van der Waals surface area contributed by atoms with Crippen molar-refractivity contribution in [2.24, 2.45) is 0 Å². The van der Waals surface area contributed by atoms with Gasteiger partial charge < -0.3 is 28.4 Å². The summed E-state index contributed by atoms with van der Waals surface area (Å²) in [5.41, 5.74) is 0. The van der Waals surface area contributed by atoms with E-state index in [2.05, 4.69) is 4.74 Å². The summed E-state index contributed by atoms with van der Waals surface area (Å²) in [6, 6.07) is 0. The molecule has 1 aliphatic rings. The molecule has 0 unspecified atom stereocenters. The van der Waals surface area contributed by atoms with Crippen LogP contribution in [0.25, 0.3) is 0 Å². The number of nitrogens with one attached hydrogen (secondary N) is 1. The molecule has 0 spiro atoms. The maximum Gasteiger partial charge on any atom is 0.339 e. The van der Waals surface area contributed by atoms with Gasteiger partial charge in [-0.15, -0.1) is 0 Å². The van der Waals surface area contributed by atoms with Crippen molar-refractivity contribution in [1.82, 2.24) is 0 Å². The van der Waals surface area contributed by atoms with Crippen LogP contribution in [0.4, 0.5) is 0 Å². The molecule has 1 N–H and O–H groups in total. The normalized spacial score (nSPS) is 27.7. The highest BCUT2D eigenvalue weighted by atomic mass is 16.7. The van der Waals surface area contributed by atoms with Gasteiger partial charge in [-0.25, -0.2) is 4.79 Å². The lowest BCUT2D eigenvalue weighted by Crippen LogP contribution is -2.64. The van der Waals surface area contributed by atoms with E-state index >= 15 is 0 Å². The zero-order valence-corrected chi connectivity index (χ0v) is 15.0. The first-order valence-electron chi connectivity index (χ1n) is 7.53. The predicted molar refractivity (Wildman–Crippen MR) is 81.8 cm³/mol. The average Bonchev–Trinajstić information content (AvgIpc) is 2.50. The number of hydrogen-bond donors (Lipinski definition) is 1. The van der Waals surface area contributed by atoms with Crippen LogP contribution in [0.1, 0.15) is 27.7 Å². The third-order valence-electron chi connectivity index (χ3n) is 3.13. The van der Waals surface area contributed by atoms with Gasteiger partial charge in [-0.3, -0.25) is 19.8 Å². The van der Waals surface area contributed by atoms with Crippen molar-refractivity contribution in [2.45, 2.75) is 58.4 Å². The van der Waals surface area contributed by atoms with Crippen molar-refractivity contribution in [1.29, 1.82) is 5.41 Å². The Kier molecular flexibility index (Phi) is 7.50. The van der Waals surface area contributed by atoms with Crippen LogP contribution in [0.5, 0.6) is 0 Å². The first-order valence-corrected chi connectivity index (χ1v) is 7.53. The molecular formula is C15H21NO10. The van der Waals surface area contributed by atoms with E-state index in [0.29, 0.717) is 0 Å². The fraction of sp³-hybridized carbons (Fsp3) is 0.667. The van der Waals surface area contributed by atoms with Crippen LogP contribution >= 0.6 is 0 Å². The number of methoxy groups -OCH3 is 1. The van der Waals surface area contributed by atoms with Gasteiger partial charge in [0, 0.05) is 27.7 Å². The maximum atomic E-state index is 12.1. The summed E-state index contributed by atoms with van der Waals surface area (Å²) in [7, 11) is 1.08.